The van der Waals surface area contributed by atoms with Crippen molar-refractivity contribution < 1.29 is 35.9 Å². The zero-order valence-electron chi connectivity index (χ0n) is 15.7. The van der Waals surface area contributed by atoms with Crippen molar-refractivity contribution in [2.45, 2.75) is 19.1 Å². The van der Waals surface area contributed by atoms with Crippen LogP contribution in [0, 0.1) is 11.6 Å². The van der Waals surface area contributed by atoms with E-state index in [1.807, 2.05) is 18.2 Å². The SMILES string of the molecule is O=C(c1cc(F)cc(OC(F)(F)C(F)F)c1)c1ccc(F)c(NCc2ccccc2)c1. The summed E-state index contributed by atoms with van der Waals surface area (Å²) < 4.78 is 82.6. The topological polar surface area (TPSA) is 38.3 Å². The predicted molar refractivity (Wildman–Crippen MR) is 102 cm³/mol. The van der Waals surface area contributed by atoms with Gasteiger partial charge < -0.3 is 10.1 Å². The molecule has 0 amide bonds. The number of carbonyl (C=O) groups is 1. The lowest BCUT2D eigenvalue weighted by molar-refractivity contribution is -0.253. The van der Waals surface area contributed by atoms with Gasteiger partial charge in [0.25, 0.3) is 0 Å². The van der Waals surface area contributed by atoms with Gasteiger partial charge in [-0.25, -0.2) is 8.78 Å². The summed E-state index contributed by atoms with van der Waals surface area (Å²) in [5.41, 5.74) is 0.340. The molecule has 1 N–H and O–H groups in total. The number of nitrogens with one attached hydrogen (secondary N) is 1. The molecule has 3 rings (SSSR count). The summed E-state index contributed by atoms with van der Waals surface area (Å²) in [6.07, 6.45) is -9.01. The minimum atomic E-state index is -4.86. The number of halogens is 6. The first-order chi connectivity index (χ1) is 14.7. The van der Waals surface area contributed by atoms with Crippen LogP contribution < -0.4 is 10.1 Å². The molecule has 0 atom stereocenters. The molecule has 0 radical (unpaired) electrons. The Hall–Kier alpha value is -3.49. The van der Waals surface area contributed by atoms with E-state index < -0.39 is 41.3 Å². The number of hydrogen-bond acceptors (Lipinski definition) is 3. The fourth-order valence-electron chi connectivity index (χ4n) is 2.72. The second kappa shape index (κ2) is 9.11. The first-order valence-corrected chi connectivity index (χ1v) is 8.93. The maximum Gasteiger partial charge on any atom is 0.461 e. The summed E-state index contributed by atoms with van der Waals surface area (Å²) in [6, 6.07) is 14.3. The van der Waals surface area contributed by atoms with Gasteiger partial charge in [-0.1, -0.05) is 30.3 Å². The fraction of sp³-hybridized carbons (Fsp3) is 0.136. The van der Waals surface area contributed by atoms with Crippen LogP contribution in [0.15, 0.2) is 66.7 Å². The summed E-state index contributed by atoms with van der Waals surface area (Å²) in [5, 5.41) is 2.83. The average molecular weight is 439 g/mol. The highest BCUT2D eigenvalue weighted by atomic mass is 19.3. The number of carbonyl (C=O) groups excluding carboxylic acids is 1. The van der Waals surface area contributed by atoms with Gasteiger partial charge in [0.2, 0.25) is 0 Å². The molecular formula is C22H15F6NO2. The molecule has 0 fully saturated rings. The molecule has 0 aliphatic carbocycles. The van der Waals surface area contributed by atoms with Crippen molar-refractivity contribution in [2.75, 3.05) is 5.32 Å². The normalized spacial score (nSPS) is 11.5. The second-order valence-corrected chi connectivity index (χ2v) is 6.50. The first-order valence-electron chi connectivity index (χ1n) is 8.93. The third kappa shape index (κ3) is 5.56. The minimum Gasteiger partial charge on any atom is -0.428 e. The third-order valence-electron chi connectivity index (χ3n) is 4.20. The molecule has 0 spiro atoms. The molecule has 0 heterocycles. The molecule has 3 aromatic rings. The van der Waals surface area contributed by atoms with Crippen LogP contribution in [-0.4, -0.2) is 18.3 Å². The number of hydrogen-bond donors (Lipinski definition) is 1. The van der Waals surface area contributed by atoms with Crippen LogP contribution in [0.25, 0.3) is 0 Å². The summed E-state index contributed by atoms with van der Waals surface area (Å²) in [5.74, 6) is -3.58. The molecule has 31 heavy (non-hydrogen) atoms. The molecule has 3 nitrogen and oxygen atoms in total. The van der Waals surface area contributed by atoms with E-state index in [2.05, 4.69) is 10.1 Å². The van der Waals surface area contributed by atoms with E-state index in [9.17, 15) is 31.1 Å². The molecule has 9 heteroatoms. The Morgan fingerprint density at radius 2 is 1.65 bits per heavy atom. The van der Waals surface area contributed by atoms with Crippen molar-refractivity contribution in [1.82, 2.24) is 0 Å². The van der Waals surface area contributed by atoms with E-state index in [4.69, 9.17) is 0 Å². The molecule has 0 unspecified atom stereocenters. The lowest BCUT2D eigenvalue weighted by atomic mass is 10.0. The number of anilines is 1. The fourth-order valence-corrected chi connectivity index (χ4v) is 2.72. The van der Waals surface area contributed by atoms with Gasteiger partial charge in [0.05, 0.1) is 5.69 Å². The monoisotopic (exact) mass is 439 g/mol. The van der Waals surface area contributed by atoms with Crippen molar-refractivity contribution in [2.24, 2.45) is 0 Å². The maximum atomic E-state index is 14.1. The van der Waals surface area contributed by atoms with Crippen molar-refractivity contribution in [3.8, 4) is 5.75 Å². The van der Waals surface area contributed by atoms with Gasteiger partial charge in [-0.3, -0.25) is 4.79 Å². The van der Waals surface area contributed by atoms with Gasteiger partial charge in [-0.05, 0) is 35.9 Å². The Morgan fingerprint density at radius 1 is 0.935 bits per heavy atom. The third-order valence-corrected chi connectivity index (χ3v) is 4.20. The Balaban J connectivity index is 1.84. The van der Waals surface area contributed by atoms with Crippen LogP contribution in [0.3, 0.4) is 0 Å². The smallest absolute Gasteiger partial charge is 0.428 e. The Bertz CT molecular complexity index is 1070. The molecule has 0 aromatic heterocycles. The number of ketones is 1. The quantitative estimate of drug-likeness (QED) is 0.343. The molecule has 162 valence electrons. The first kappa shape index (κ1) is 22.2. The maximum absolute atomic E-state index is 14.1. The molecule has 0 aliphatic heterocycles. The van der Waals surface area contributed by atoms with Crippen LogP contribution in [0.2, 0.25) is 0 Å². The van der Waals surface area contributed by atoms with Crippen molar-refractivity contribution in [1.29, 1.82) is 0 Å². The van der Waals surface area contributed by atoms with Gasteiger partial charge >= 0.3 is 12.5 Å². The van der Waals surface area contributed by atoms with E-state index in [-0.39, 0.29) is 17.8 Å². The van der Waals surface area contributed by atoms with Gasteiger partial charge in [0.15, 0.2) is 5.78 Å². The highest BCUT2D eigenvalue weighted by molar-refractivity contribution is 6.09. The molecule has 0 saturated heterocycles. The highest BCUT2D eigenvalue weighted by Crippen LogP contribution is 2.29. The van der Waals surface area contributed by atoms with Crippen LogP contribution in [0.4, 0.5) is 32.0 Å². The number of alkyl halides is 4. The molecule has 3 aromatic carbocycles. The Kier molecular flexibility index (Phi) is 6.53. The molecule has 0 aliphatic rings. The van der Waals surface area contributed by atoms with Gasteiger partial charge in [-0.2, -0.15) is 17.6 Å². The number of rotatable bonds is 8. The van der Waals surface area contributed by atoms with E-state index in [0.29, 0.717) is 12.1 Å². The summed E-state index contributed by atoms with van der Waals surface area (Å²) >= 11 is 0. The van der Waals surface area contributed by atoms with Crippen LogP contribution in [0.1, 0.15) is 21.5 Å². The van der Waals surface area contributed by atoms with E-state index in [1.54, 1.807) is 12.1 Å². The van der Waals surface area contributed by atoms with E-state index in [0.717, 1.165) is 23.8 Å². The van der Waals surface area contributed by atoms with Crippen LogP contribution in [0.5, 0.6) is 5.75 Å². The van der Waals surface area contributed by atoms with E-state index in [1.165, 1.54) is 6.07 Å². The lowest BCUT2D eigenvalue weighted by Gasteiger charge is -2.17. The predicted octanol–water partition coefficient (Wildman–Crippen LogP) is 6.04. The van der Waals surface area contributed by atoms with Crippen LogP contribution in [-0.2, 0) is 6.54 Å². The zero-order chi connectivity index (χ0) is 22.6. The Labute approximate surface area is 173 Å². The van der Waals surface area contributed by atoms with Crippen molar-refractivity contribution in [3.63, 3.8) is 0 Å². The van der Waals surface area contributed by atoms with Gasteiger partial charge in [0.1, 0.15) is 17.4 Å². The number of ether oxygens (including phenoxy) is 1. The largest absolute Gasteiger partial charge is 0.461 e. The van der Waals surface area contributed by atoms with Crippen LogP contribution >= 0.6 is 0 Å². The van der Waals surface area contributed by atoms with Crippen molar-refractivity contribution >= 4 is 11.5 Å². The lowest BCUT2D eigenvalue weighted by Crippen LogP contribution is -2.33. The minimum absolute atomic E-state index is 0.00758. The summed E-state index contributed by atoms with van der Waals surface area (Å²) in [4.78, 5) is 12.7. The molecule has 0 saturated carbocycles. The van der Waals surface area contributed by atoms with Gasteiger partial charge in [0, 0.05) is 23.7 Å². The number of benzene rings is 3. The average Bonchev–Trinajstić information content (AvgIpc) is 2.72. The highest BCUT2D eigenvalue weighted by Gasteiger charge is 2.44. The Morgan fingerprint density at radius 3 is 2.32 bits per heavy atom. The van der Waals surface area contributed by atoms with E-state index >= 15 is 0 Å². The summed E-state index contributed by atoms with van der Waals surface area (Å²) in [6.45, 7) is 0.260. The van der Waals surface area contributed by atoms with Gasteiger partial charge in [-0.15, -0.1) is 0 Å². The van der Waals surface area contributed by atoms with Crippen molar-refractivity contribution in [3.05, 3.63) is 95.1 Å². The standard InChI is InChI=1S/C22H15F6NO2/c23-16-8-15(9-17(11-16)31-22(27,28)21(25)26)20(30)14-6-7-18(24)19(10-14)29-12-13-4-2-1-3-5-13/h1-11,21,29H,12H2. The zero-order valence-corrected chi connectivity index (χ0v) is 15.7. The second-order valence-electron chi connectivity index (χ2n) is 6.50. The summed E-state index contributed by atoms with van der Waals surface area (Å²) in [7, 11) is 0. The molecule has 0 bridgehead atoms. The molecular weight excluding hydrogens is 424 g/mol.